The van der Waals surface area contributed by atoms with Gasteiger partial charge in [-0.1, -0.05) is 0 Å². The van der Waals surface area contributed by atoms with Gasteiger partial charge in [0.15, 0.2) is 12.4 Å². The van der Waals surface area contributed by atoms with E-state index in [0.29, 0.717) is 22.1 Å². The third kappa shape index (κ3) is 3.96. The Kier molecular flexibility index (Phi) is 5.82. The van der Waals surface area contributed by atoms with E-state index < -0.39 is 12.1 Å². The van der Waals surface area contributed by atoms with E-state index in [1.807, 2.05) is 0 Å². The first kappa shape index (κ1) is 15.5. The molecule has 1 aromatic rings. The summed E-state index contributed by atoms with van der Waals surface area (Å²) in [7, 11) is 1.50. The Hall–Kier alpha value is -1.56. The first-order valence-electron chi connectivity index (χ1n) is 5.69. The van der Waals surface area contributed by atoms with Crippen LogP contribution in [0.1, 0.15) is 24.2 Å². The van der Waals surface area contributed by atoms with Crippen LogP contribution in [0.2, 0.25) is 0 Å². The molecule has 1 aromatic carbocycles. The molecule has 1 atom stereocenters. The number of carbonyl (C=O) groups excluding carboxylic acids is 2. The Balaban J connectivity index is 2.99. The van der Waals surface area contributed by atoms with Crippen LogP contribution in [0.25, 0.3) is 0 Å². The Morgan fingerprint density at radius 3 is 2.63 bits per heavy atom. The summed E-state index contributed by atoms with van der Waals surface area (Å²) in [5.74, 6) is 0.300. The number of benzene rings is 1. The predicted molar refractivity (Wildman–Crippen MR) is 72.8 cm³/mol. The maximum atomic E-state index is 11.5. The lowest BCUT2D eigenvalue weighted by Crippen LogP contribution is -2.26. The van der Waals surface area contributed by atoms with E-state index in [0.717, 1.165) is 0 Å². The Bertz CT molecular complexity index is 472. The fourth-order valence-corrected chi connectivity index (χ4v) is 1.92. The molecule has 5 nitrogen and oxygen atoms in total. The number of methoxy groups -OCH3 is 1. The van der Waals surface area contributed by atoms with Crippen LogP contribution >= 0.6 is 15.9 Å². The lowest BCUT2D eigenvalue weighted by atomic mass is 10.2. The van der Waals surface area contributed by atoms with Crippen molar-refractivity contribution in [2.75, 3.05) is 13.7 Å². The maximum absolute atomic E-state index is 11.5. The molecule has 0 fully saturated rings. The molecule has 0 aliphatic rings. The van der Waals surface area contributed by atoms with E-state index >= 15 is 0 Å². The number of aldehydes is 1. The molecule has 6 heteroatoms. The highest BCUT2D eigenvalue weighted by molar-refractivity contribution is 9.10. The summed E-state index contributed by atoms with van der Waals surface area (Å²) < 4.78 is 16.0. The molecule has 0 saturated heterocycles. The fraction of sp³-hybridized carbons (Fsp3) is 0.385. The third-order valence-corrected chi connectivity index (χ3v) is 2.95. The van der Waals surface area contributed by atoms with Gasteiger partial charge in [-0.3, -0.25) is 4.79 Å². The zero-order valence-corrected chi connectivity index (χ0v) is 12.5. The molecule has 0 aliphatic heterocycles. The number of rotatable bonds is 6. The van der Waals surface area contributed by atoms with Crippen LogP contribution in [0.5, 0.6) is 11.5 Å². The topological polar surface area (TPSA) is 61.8 Å². The molecule has 0 bridgehead atoms. The highest BCUT2D eigenvalue weighted by atomic mass is 79.9. The Morgan fingerprint density at radius 1 is 1.42 bits per heavy atom. The molecule has 0 spiro atoms. The smallest absolute Gasteiger partial charge is 0.347 e. The van der Waals surface area contributed by atoms with Gasteiger partial charge in [0, 0.05) is 6.07 Å². The highest BCUT2D eigenvalue weighted by Crippen LogP contribution is 2.32. The number of esters is 1. The lowest BCUT2D eigenvalue weighted by molar-refractivity contribution is -0.150. The second-order valence-corrected chi connectivity index (χ2v) is 4.51. The van der Waals surface area contributed by atoms with Crippen LogP contribution in [0.3, 0.4) is 0 Å². The minimum atomic E-state index is -0.801. The van der Waals surface area contributed by atoms with Gasteiger partial charge in [0.05, 0.1) is 23.8 Å². The number of carbonyl (C=O) groups is 2. The molecular weight excluding hydrogens is 316 g/mol. The zero-order chi connectivity index (χ0) is 14.4. The van der Waals surface area contributed by atoms with E-state index in [2.05, 4.69) is 15.9 Å². The SMILES string of the molecule is CCOC(=O)C(C)Oc1cc(OC)c(Br)cc1C=O. The van der Waals surface area contributed by atoms with E-state index in [1.165, 1.54) is 7.11 Å². The summed E-state index contributed by atoms with van der Waals surface area (Å²) in [5.41, 5.74) is 0.323. The van der Waals surface area contributed by atoms with E-state index in [-0.39, 0.29) is 12.4 Å². The van der Waals surface area contributed by atoms with E-state index in [9.17, 15) is 9.59 Å². The minimum absolute atomic E-state index is 0.274. The predicted octanol–water partition coefficient (Wildman–Crippen LogP) is 2.60. The van der Waals surface area contributed by atoms with Crippen molar-refractivity contribution in [1.82, 2.24) is 0 Å². The average Bonchev–Trinajstić information content (AvgIpc) is 2.40. The van der Waals surface area contributed by atoms with Crippen molar-refractivity contribution in [2.45, 2.75) is 20.0 Å². The lowest BCUT2D eigenvalue weighted by Gasteiger charge is -2.16. The largest absolute Gasteiger partial charge is 0.495 e. The molecule has 0 saturated carbocycles. The summed E-state index contributed by atoms with van der Waals surface area (Å²) in [6.45, 7) is 3.54. The second-order valence-electron chi connectivity index (χ2n) is 3.65. The van der Waals surface area contributed by atoms with Crippen molar-refractivity contribution in [2.24, 2.45) is 0 Å². The van der Waals surface area contributed by atoms with Gasteiger partial charge in [-0.25, -0.2) is 4.79 Å². The molecule has 0 heterocycles. The molecule has 0 aliphatic carbocycles. The van der Waals surface area contributed by atoms with Crippen molar-refractivity contribution in [1.29, 1.82) is 0 Å². The van der Waals surface area contributed by atoms with Gasteiger partial charge in [-0.2, -0.15) is 0 Å². The van der Waals surface area contributed by atoms with Gasteiger partial charge in [-0.15, -0.1) is 0 Å². The molecule has 0 aromatic heterocycles. The van der Waals surface area contributed by atoms with Gasteiger partial charge >= 0.3 is 5.97 Å². The monoisotopic (exact) mass is 330 g/mol. The van der Waals surface area contributed by atoms with E-state index in [1.54, 1.807) is 26.0 Å². The zero-order valence-electron chi connectivity index (χ0n) is 10.9. The second kappa shape index (κ2) is 7.13. The molecular formula is C13H15BrO5. The third-order valence-electron chi connectivity index (χ3n) is 2.33. The van der Waals surface area contributed by atoms with Crippen LogP contribution in [-0.4, -0.2) is 32.1 Å². The van der Waals surface area contributed by atoms with Gasteiger partial charge in [0.25, 0.3) is 0 Å². The standard InChI is InChI=1S/C13H15BrO5/c1-4-18-13(16)8(2)19-11-6-12(17-3)10(14)5-9(11)7-15/h5-8H,4H2,1-3H3. The van der Waals surface area contributed by atoms with E-state index in [4.69, 9.17) is 14.2 Å². The Morgan fingerprint density at radius 2 is 2.11 bits per heavy atom. The highest BCUT2D eigenvalue weighted by Gasteiger charge is 2.18. The molecule has 19 heavy (non-hydrogen) atoms. The van der Waals surface area contributed by atoms with Crippen LogP contribution in [0.4, 0.5) is 0 Å². The summed E-state index contributed by atoms with van der Waals surface area (Å²) >= 11 is 3.27. The normalized spacial score (nSPS) is 11.6. The van der Waals surface area contributed by atoms with Crippen LogP contribution in [-0.2, 0) is 9.53 Å². The van der Waals surface area contributed by atoms with Crippen LogP contribution in [0.15, 0.2) is 16.6 Å². The van der Waals surface area contributed by atoms with Crippen molar-refractivity contribution in [3.05, 3.63) is 22.2 Å². The summed E-state index contributed by atoms with van der Waals surface area (Å²) in [6.07, 6.45) is -0.151. The first-order valence-corrected chi connectivity index (χ1v) is 6.48. The fourth-order valence-electron chi connectivity index (χ4n) is 1.40. The maximum Gasteiger partial charge on any atom is 0.347 e. The quantitative estimate of drug-likeness (QED) is 0.592. The van der Waals surface area contributed by atoms with Gasteiger partial charge in [0.2, 0.25) is 0 Å². The average molecular weight is 331 g/mol. The van der Waals surface area contributed by atoms with Gasteiger partial charge in [0.1, 0.15) is 11.5 Å². The molecule has 104 valence electrons. The summed E-state index contributed by atoms with van der Waals surface area (Å²) in [6, 6.07) is 3.11. The van der Waals surface area contributed by atoms with Crippen molar-refractivity contribution >= 4 is 28.2 Å². The Labute approximate surface area is 120 Å². The van der Waals surface area contributed by atoms with Gasteiger partial charge < -0.3 is 14.2 Å². The van der Waals surface area contributed by atoms with Gasteiger partial charge in [-0.05, 0) is 35.8 Å². The minimum Gasteiger partial charge on any atom is -0.495 e. The molecule has 1 unspecified atom stereocenters. The van der Waals surface area contributed by atoms with Crippen molar-refractivity contribution in [3.8, 4) is 11.5 Å². The number of hydrogen-bond acceptors (Lipinski definition) is 5. The van der Waals surface area contributed by atoms with Crippen LogP contribution in [0, 0.1) is 0 Å². The summed E-state index contributed by atoms with van der Waals surface area (Å²) in [4.78, 5) is 22.5. The molecule has 0 amide bonds. The molecule has 0 radical (unpaired) electrons. The van der Waals surface area contributed by atoms with Crippen LogP contribution < -0.4 is 9.47 Å². The number of hydrogen-bond donors (Lipinski definition) is 0. The van der Waals surface area contributed by atoms with Crippen molar-refractivity contribution < 1.29 is 23.8 Å². The first-order chi connectivity index (χ1) is 9.03. The number of ether oxygens (including phenoxy) is 3. The van der Waals surface area contributed by atoms with Crippen molar-refractivity contribution in [3.63, 3.8) is 0 Å². The molecule has 1 rings (SSSR count). The molecule has 0 N–H and O–H groups in total. The summed E-state index contributed by atoms with van der Waals surface area (Å²) in [5, 5.41) is 0. The number of halogens is 1.